The summed E-state index contributed by atoms with van der Waals surface area (Å²) in [5.41, 5.74) is 2.03. The number of carbonyl (C=O) groups is 1. The van der Waals surface area contributed by atoms with Crippen LogP contribution in [0.3, 0.4) is 0 Å². The Morgan fingerprint density at radius 2 is 1.81 bits per heavy atom. The molecule has 134 valence electrons. The number of anilines is 2. The molecule has 0 saturated carbocycles. The van der Waals surface area contributed by atoms with Crippen molar-refractivity contribution < 1.29 is 4.79 Å². The zero-order chi connectivity index (χ0) is 18.5. The van der Waals surface area contributed by atoms with Gasteiger partial charge in [0.05, 0.1) is 11.0 Å². The lowest BCUT2D eigenvalue weighted by atomic mass is 10.2. The molecule has 8 nitrogen and oxygen atoms in total. The number of aryl methyl sites for hydroxylation is 1. The van der Waals surface area contributed by atoms with E-state index in [1.165, 1.54) is 0 Å². The molecule has 0 aliphatic rings. The summed E-state index contributed by atoms with van der Waals surface area (Å²) in [7, 11) is 3.86. The maximum absolute atomic E-state index is 12.3. The van der Waals surface area contributed by atoms with Gasteiger partial charge < -0.3 is 15.5 Å². The molecule has 8 heteroatoms. The highest BCUT2D eigenvalue weighted by atomic mass is 16.1. The standard InChI is InChI=1S/C18H21N7O/c1-12-23-16(11-17(24-12)25(2)3)21-8-9-22-18(26)13-4-5-14-15(10-13)20-7-6-19-14/h4-7,10-11H,8-9H2,1-3H3,(H,22,26)(H,21,23,24). The number of rotatable bonds is 6. The molecule has 0 unspecified atom stereocenters. The van der Waals surface area contributed by atoms with E-state index < -0.39 is 0 Å². The van der Waals surface area contributed by atoms with E-state index in [9.17, 15) is 4.79 Å². The molecule has 2 heterocycles. The number of hydrogen-bond acceptors (Lipinski definition) is 7. The van der Waals surface area contributed by atoms with E-state index in [1.807, 2.05) is 32.0 Å². The van der Waals surface area contributed by atoms with E-state index in [0.717, 1.165) is 17.2 Å². The lowest BCUT2D eigenvalue weighted by Gasteiger charge is -2.14. The van der Waals surface area contributed by atoms with Crippen molar-refractivity contribution in [3.05, 3.63) is 48.0 Å². The van der Waals surface area contributed by atoms with Crippen LogP contribution in [0.4, 0.5) is 11.6 Å². The van der Waals surface area contributed by atoms with Crippen molar-refractivity contribution in [3.8, 4) is 0 Å². The largest absolute Gasteiger partial charge is 0.368 e. The minimum absolute atomic E-state index is 0.146. The van der Waals surface area contributed by atoms with Crippen LogP contribution in [0.5, 0.6) is 0 Å². The van der Waals surface area contributed by atoms with Gasteiger partial charge in [0.15, 0.2) is 0 Å². The van der Waals surface area contributed by atoms with Gasteiger partial charge in [0.1, 0.15) is 17.5 Å². The van der Waals surface area contributed by atoms with Crippen LogP contribution in [-0.2, 0) is 0 Å². The predicted molar refractivity (Wildman–Crippen MR) is 101 cm³/mol. The van der Waals surface area contributed by atoms with Crippen LogP contribution in [-0.4, -0.2) is 53.0 Å². The zero-order valence-electron chi connectivity index (χ0n) is 15.0. The van der Waals surface area contributed by atoms with Gasteiger partial charge >= 0.3 is 0 Å². The van der Waals surface area contributed by atoms with Crippen LogP contribution in [0, 0.1) is 6.92 Å². The molecule has 0 aliphatic heterocycles. The summed E-state index contributed by atoms with van der Waals surface area (Å²) in [6.45, 7) is 2.88. The molecule has 0 spiro atoms. The second kappa shape index (κ2) is 7.73. The average molecular weight is 351 g/mol. The number of benzene rings is 1. The van der Waals surface area contributed by atoms with Crippen LogP contribution in [0.25, 0.3) is 11.0 Å². The molecule has 1 aromatic carbocycles. The van der Waals surface area contributed by atoms with Gasteiger partial charge in [0.2, 0.25) is 0 Å². The molecule has 0 fully saturated rings. The molecule has 0 radical (unpaired) electrons. The Balaban J connectivity index is 1.55. The number of fused-ring (bicyclic) bond motifs is 1. The van der Waals surface area contributed by atoms with Gasteiger partial charge in [-0.05, 0) is 25.1 Å². The van der Waals surface area contributed by atoms with E-state index >= 15 is 0 Å². The van der Waals surface area contributed by atoms with Crippen LogP contribution >= 0.6 is 0 Å². The molecule has 0 atom stereocenters. The number of amides is 1. The number of nitrogens with zero attached hydrogens (tertiary/aromatic N) is 5. The van der Waals surface area contributed by atoms with Gasteiger partial charge in [-0.2, -0.15) is 0 Å². The SMILES string of the molecule is Cc1nc(NCCNC(=O)c2ccc3nccnc3c2)cc(N(C)C)n1. The summed E-state index contributed by atoms with van der Waals surface area (Å²) in [5.74, 6) is 2.12. The summed E-state index contributed by atoms with van der Waals surface area (Å²) in [6.07, 6.45) is 3.24. The Kier molecular flexibility index (Phi) is 5.21. The molecule has 0 aliphatic carbocycles. The average Bonchev–Trinajstić information content (AvgIpc) is 2.64. The monoisotopic (exact) mass is 351 g/mol. The molecule has 2 N–H and O–H groups in total. The van der Waals surface area contributed by atoms with Crippen molar-refractivity contribution >= 4 is 28.6 Å². The number of nitrogens with one attached hydrogen (secondary N) is 2. The third-order valence-corrected chi connectivity index (χ3v) is 3.73. The van der Waals surface area contributed by atoms with Crippen molar-refractivity contribution in [2.45, 2.75) is 6.92 Å². The van der Waals surface area contributed by atoms with E-state index in [2.05, 4.69) is 30.6 Å². The quantitative estimate of drug-likeness (QED) is 0.652. The van der Waals surface area contributed by atoms with Gasteiger partial charge in [-0.25, -0.2) is 9.97 Å². The molecule has 26 heavy (non-hydrogen) atoms. The highest BCUT2D eigenvalue weighted by Crippen LogP contribution is 2.13. The normalized spacial score (nSPS) is 10.6. The molecule has 2 aromatic heterocycles. The topological polar surface area (TPSA) is 95.9 Å². The Labute approximate surface area is 151 Å². The first-order valence-corrected chi connectivity index (χ1v) is 8.29. The lowest BCUT2D eigenvalue weighted by molar-refractivity contribution is 0.0955. The number of carbonyl (C=O) groups excluding carboxylic acids is 1. The minimum Gasteiger partial charge on any atom is -0.368 e. The fraction of sp³-hybridized carbons (Fsp3) is 0.278. The van der Waals surface area contributed by atoms with E-state index in [1.54, 1.807) is 30.6 Å². The summed E-state index contributed by atoms with van der Waals surface area (Å²) in [5, 5.41) is 6.08. The van der Waals surface area contributed by atoms with Crippen LogP contribution in [0.1, 0.15) is 16.2 Å². The number of hydrogen-bond donors (Lipinski definition) is 2. The van der Waals surface area contributed by atoms with Gasteiger partial charge in [-0.3, -0.25) is 14.8 Å². The van der Waals surface area contributed by atoms with Crippen molar-refractivity contribution in [3.63, 3.8) is 0 Å². The maximum atomic E-state index is 12.3. The van der Waals surface area contributed by atoms with Crippen molar-refractivity contribution in [2.75, 3.05) is 37.4 Å². The first-order valence-electron chi connectivity index (χ1n) is 8.29. The minimum atomic E-state index is -0.146. The Morgan fingerprint density at radius 1 is 1.04 bits per heavy atom. The molecule has 0 saturated heterocycles. The first kappa shape index (κ1) is 17.5. The van der Waals surface area contributed by atoms with Gasteiger partial charge in [-0.15, -0.1) is 0 Å². The second-order valence-corrected chi connectivity index (χ2v) is 6.00. The van der Waals surface area contributed by atoms with Gasteiger partial charge in [-0.1, -0.05) is 0 Å². The van der Waals surface area contributed by atoms with E-state index in [4.69, 9.17) is 0 Å². The molecule has 0 bridgehead atoms. The van der Waals surface area contributed by atoms with Crippen molar-refractivity contribution in [1.29, 1.82) is 0 Å². The predicted octanol–water partition coefficient (Wildman–Crippen LogP) is 1.64. The molecule has 3 rings (SSSR count). The molecular weight excluding hydrogens is 330 g/mol. The van der Waals surface area contributed by atoms with Crippen LogP contribution in [0.15, 0.2) is 36.7 Å². The Morgan fingerprint density at radius 3 is 2.58 bits per heavy atom. The smallest absolute Gasteiger partial charge is 0.251 e. The third kappa shape index (κ3) is 4.21. The van der Waals surface area contributed by atoms with Crippen LogP contribution < -0.4 is 15.5 Å². The molecule has 3 aromatic rings. The number of aromatic nitrogens is 4. The van der Waals surface area contributed by atoms with Crippen molar-refractivity contribution in [1.82, 2.24) is 25.3 Å². The van der Waals surface area contributed by atoms with Crippen LogP contribution in [0.2, 0.25) is 0 Å². The fourth-order valence-corrected chi connectivity index (χ4v) is 2.44. The zero-order valence-corrected chi connectivity index (χ0v) is 15.0. The van der Waals surface area contributed by atoms with E-state index in [-0.39, 0.29) is 5.91 Å². The molecule has 1 amide bonds. The Bertz CT molecular complexity index is 926. The third-order valence-electron chi connectivity index (χ3n) is 3.73. The van der Waals surface area contributed by atoms with Gasteiger partial charge in [0.25, 0.3) is 5.91 Å². The fourth-order valence-electron chi connectivity index (χ4n) is 2.44. The van der Waals surface area contributed by atoms with E-state index in [0.29, 0.717) is 30.0 Å². The lowest BCUT2D eigenvalue weighted by Crippen LogP contribution is -2.29. The highest BCUT2D eigenvalue weighted by Gasteiger charge is 2.07. The van der Waals surface area contributed by atoms with Crippen molar-refractivity contribution in [2.24, 2.45) is 0 Å². The summed E-state index contributed by atoms with van der Waals surface area (Å²) >= 11 is 0. The van der Waals surface area contributed by atoms with Gasteiger partial charge in [0, 0.05) is 51.2 Å². The highest BCUT2D eigenvalue weighted by molar-refractivity contribution is 5.97. The summed E-state index contributed by atoms with van der Waals surface area (Å²) < 4.78 is 0. The summed E-state index contributed by atoms with van der Waals surface area (Å²) in [6, 6.07) is 7.15. The first-order chi connectivity index (χ1) is 12.5. The molecular formula is C18H21N7O. The second-order valence-electron chi connectivity index (χ2n) is 6.00. The Hall–Kier alpha value is -3.29. The summed E-state index contributed by atoms with van der Waals surface area (Å²) in [4.78, 5) is 31.3. The maximum Gasteiger partial charge on any atom is 0.251 e.